The molecule has 0 bridgehead atoms. The van der Waals surface area contributed by atoms with Gasteiger partial charge in [0, 0.05) is 17.6 Å². The zero-order valence-electron chi connectivity index (χ0n) is 12.8. The molecule has 22 heavy (non-hydrogen) atoms. The third-order valence-corrected chi connectivity index (χ3v) is 3.92. The van der Waals surface area contributed by atoms with Crippen molar-refractivity contribution in [1.29, 1.82) is 0 Å². The molecule has 3 nitrogen and oxygen atoms in total. The molecule has 0 aliphatic heterocycles. The first-order valence-electron chi connectivity index (χ1n) is 7.40. The Kier molecular flexibility index (Phi) is 5.99. The molecule has 1 amide bonds. The van der Waals surface area contributed by atoms with E-state index in [9.17, 15) is 4.79 Å². The van der Waals surface area contributed by atoms with Crippen LogP contribution in [0.1, 0.15) is 31.0 Å². The number of carbonyl (C=O) groups is 1. The van der Waals surface area contributed by atoms with Crippen LogP contribution < -0.4 is 10.6 Å². The van der Waals surface area contributed by atoms with Crippen LogP contribution in [0.4, 0.5) is 0 Å². The summed E-state index contributed by atoms with van der Waals surface area (Å²) in [6.45, 7) is 4.39. The molecule has 4 heteroatoms. The van der Waals surface area contributed by atoms with Crippen molar-refractivity contribution in [2.75, 3.05) is 0 Å². The second-order valence-corrected chi connectivity index (χ2v) is 5.74. The van der Waals surface area contributed by atoms with Gasteiger partial charge in [0.05, 0.1) is 6.04 Å². The first-order chi connectivity index (χ1) is 10.6. The predicted molar refractivity (Wildman–Crippen MR) is 90.8 cm³/mol. The number of benzene rings is 2. The van der Waals surface area contributed by atoms with Crippen LogP contribution in [0.3, 0.4) is 0 Å². The number of hydrogen-bond donors (Lipinski definition) is 2. The number of hydrogen-bond acceptors (Lipinski definition) is 2. The molecule has 116 valence electrons. The molecule has 0 heterocycles. The van der Waals surface area contributed by atoms with Crippen LogP contribution >= 0.6 is 11.6 Å². The Morgan fingerprint density at radius 3 is 2.36 bits per heavy atom. The van der Waals surface area contributed by atoms with E-state index in [0.717, 1.165) is 11.1 Å². The minimum absolute atomic E-state index is 0.00572. The van der Waals surface area contributed by atoms with Crippen LogP contribution in [0.5, 0.6) is 0 Å². The summed E-state index contributed by atoms with van der Waals surface area (Å²) in [6, 6.07) is 17.2. The molecule has 0 fully saturated rings. The van der Waals surface area contributed by atoms with Crippen LogP contribution in [0.2, 0.25) is 5.02 Å². The van der Waals surface area contributed by atoms with E-state index in [4.69, 9.17) is 11.6 Å². The molecule has 0 unspecified atom stereocenters. The Balaban J connectivity index is 1.87. The van der Waals surface area contributed by atoms with E-state index >= 15 is 0 Å². The third kappa shape index (κ3) is 4.58. The molecule has 2 rings (SSSR count). The van der Waals surface area contributed by atoms with Gasteiger partial charge in [-0.1, -0.05) is 60.1 Å². The summed E-state index contributed by atoms with van der Waals surface area (Å²) >= 11 is 6.18. The zero-order chi connectivity index (χ0) is 15.9. The van der Waals surface area contributed by atoms with Gasteiger partial charge < -0.3 is 5.32 Å². The van der Waals surface area contributed by atoms with Gasteiger partial charge in [-0.3, -0.25) is 10.1 Å². The molecule has 0 saturated heterocycles. The van der Waals surface area contributed by atoms with Gasteiger partial charge in [0.25, 0.3) is 0 Å². The van der Waals surface area contributed by atoms with Crippen LogP contribution in [-0.2, 0) is 11.3 Å². The van der Waals surface area contributed by atoms with Crippen LogP contribution in [-0.4, -0.2) is 11.9 Å². The van der Waals surface area contributed by atoms with Crippen molar-refractivity contribution >= 4 is 17.5 Å². The number of carbonyl (C=O) groups excluding carboxylic acids is 1. The molecule has 0 radical (unpaired) electrons. The molecular weight excluding hydrogens is 296 g/mol. The normalized spacial score (nSPS) is 13.4. The Morgan fingerprint density at radius 2 is 1.68 bits per heavy atom. The minimum Gasteiger partial charge on any atom is -0.351 e. The topological polar surface area (TPSA) is 41.1 Å². The molecule has 2 N–H and O–H groups in total. The quantitative estimate of drug-likeness (QED) is 0.853. The number of nitrogens with one attached hydrogen (secondary N) is 2. The van der Waals surface area contributed by atoms with Gasteiger partial charge in [-0.2, -0.15) is 0 Å². The van der Waals surface area contributed by atoms with Gasteiger partial charge in [-0.15, -0.1) is 0 Å². The summed E-state index contributed by atoms with van der Waals surface area (Å²) in [5.74, 6) is -0.0252. The highest BCUT2D eigenvalue weighted by Crippen LogP contribution is 2.22. The van der Waals surface area contributed by atoms with Gasteiger partial charge >= 0.3 is 0 Å². The molecule has 2 atom stereocenters. The first kappa shape index (κ1) is 16.5. The van der Waals surface area contributed by atoms with Crippen molar-refractivity contribution in [3.63, 3.8) is 0 Å². The lowest BCUT2D eigenvalue weighted by Crippen LogP contribution is -2.42. The summed E-state index contributed by atoms with van der Waals surface area (Å²) in [6.07, 6.45) is 0. The van der Waals surface area contributed by atoms with E-state index in [2.05, 4.69) is 10.6 Å². The Labute approximate surface area is 136 Å². The Hall–Kier alpha value is -1.84. The fourth-order valence-electron chi connectivity index (χ4n) is 2.30. The number of rotatable bonds is 6. The van der Waals surface area contributed by atoms with E-state index in [0.29, 0.717) is 11.6 Å². The largest absolute Gasteiger partial charge is 0.351 e. The highest BCUT2D eigenvalue weighted by Gasteiger charge is 2.17. The lowest BCUT2D eigenvalue weighted by molar-refractivity contribution is -0.123. The van der Waals surface area contributed by atoms with E-state index < -0.39 is 0 Å². The van der Waals surface area contributed by atoms with E-state index in [-0.39, 0.29) is 18.0 Å². The van der Waals surface area contributed by atoms with Crippen molar-refractivity contribution in [3.8, 4) is 0 Å². The molecule has 2 aromatic rings. The summed E-state index contributed by atoms with van der Waals surface area (Å²) in [7, 11) is 0. The zero-order valence-corrected chi connectivity index (χ0v) is 13.6. The Bertz CT molecular complexity index is 615. The molecule has 0 saturated carbocycles. The van der Waals surface area contributed by atoms with Crippen LogP contribution in [0, 0.1) is 0 Å². The van der Waals surface area contributed by atoms with E-state index in [1.807, 2.05) is 68.4 Å². The maximum atomic E-state index is 12.2. The summed E-state index contributed by atoms with van der Waals surface area (Å²) < 4.78 is 0. The van der Waals surface area contributed by atoms with Crippen molar-refractivity contribution in [1.82, 2.24) is 10.6 Å². The molecule has 0 spiro atoms. The highest BCUT2D eigenvalue weighted by atomic mass is 35.5. The first-order valence-corrected chi connectivity index (χ1v) is 7.78. The van der Waals surface area contributed by atoms with Crippen LogP contribution in [0.25, 0.3) is 0 Å². The maximum absolute atomic E-state index is 12.2. The third-order valence-electron chi connectivity index (χ3n) is 3.57. The SMILES string of the molecule is C[C@H](N[C@@H](C)c1ccccc1Cl)C(=O)NCc1ccccc1. The molecule has 2 aromatic carbocycles. The fourth-order valence-corrected chi connectivity index (χ4v) is 2.60. The van der Waals surface area contributed by atoms with Crippen LogP contribution in [0.15, 0.2) is 54.6 Å². The molecular formula is C18H21ClN2O. The second-order valence-electron chi connectivity index (χ2n) is 5.33. The second kappa shape index (κ2) is 7.97. The van der Waals surface area contributed by atoms with Gasteiger partial charge in [-0.25, -0.2) is 0 Å². The van der Waals surface area contributed by atoms with Crippen molar-refractivity contribution in [2.45, 2.75) is 32.5 Å². The van der Waals surface area contributed by atoms with Crippen molar-refractivity contribution in [3.05, 3.63) is 70.7 Å². The van der Waals surface area contributed by atoms with Gasteiger partial charge in [-0.05, 0) is 31.0 Å². The fraction of sp³-hybridized carbons (Fsp3) is 0.278. The highest BCUT2D eigenvalue weighted by molar-refractivity contribution is 6.31. The van der Waals surface area contributed by atoms with Gasteiger partial charge in [0.2, 0.25) is 5.91 Å². The van der Waals surface area contributed by atoms with E-state index in [1.165, 1.54) is 0 Å². The summed E-state index contributed by atoms with van der Waals surface area (Å²) in [4.78, 5) is 12.2. The van der Waals surface area contributed by atoms with Gasteiger partial charge in [0.1, 0.15) is 0 Å². The lowest BCUT2D eigenvalue weighted by Gasteiger charge is -2.20. The summed E-state index contributed by atoms with van der Waals surface area (Å²) in [5.41, 5.74) is 2.08. The predicted octanol–water partition coefficient (Wildman–Crippen LogP) is 3.70. The minimum atomic E-state index is -0.296. The molecule has 0 aliphatic rings. The summed E-state index contributed by atoms with van der Waals surface area (Å²) in [5, 5.41) is 6.92. The van der Waals surface area contributed by atoms with E-state index in [1.54, 1.807) is 0 Å². The lowest BCUT2D eigenvalue weighted by atomic mass is 10.1. The van der Waals surface area contributed by atoms with Crippen molar-refractivity contribution in [2.24, 2.45) is 0 Å². The van der Waals surface area contributed by atoms with Gasteiger partial charge in [0.15, 0.2) is 0 Å². The monoisotopic (exact) mass is 316 g/mol. The average Bonchev–Trinajstić information content (AvgIpc) is 2.53. The average molecular weight is 317 g/mol. The smallest absolute Gasteiger partial charge is 0.237 e. The molecule has 0 aliphatic carbocycles. The molecule has 0 aromatic heterocycles. The standard InChI is InChI=1S/C18H21ClN2O/c1-13(16-10-6-7-11-17(16)19)21-14(2)18(22)20-12-15-8-4-3-5-9-15/h3-11,13-14,21H,12H2,1-2H3,(H,20,22)/t13-,14-/m0/s1. The Morgan fingerprint density at radius 1 is 1.05 bits per heavy atom. The maximum Gasteiger partial charge on any atom is 0.237 e. The number of amides is 1. The number of halogens is 1. The van der Waals surface area contributed by atoms with Crippen molar-refractivity contribution < 1.29 is 4.79 Å².